The van der Waals surface area contributed by atoms with Crippen molar-refractivity contribution in [2.24, 2.45) is 5.92 Å². The molecular weight excluding hydrogens is 261 g/mol. The van der Waals surface area contributed by atoms with Gasteiger partial charge >= 0.3 is 0 Å². The summed E-state index contributed by atoms with van der Waals surface area (Å²) in [6.45, 7) is 6.20. The molecule has 1 heterocycles. The van der Waals surface area contributed by atoms with Crippen LogP contribution >= 0.6 is 0 Å². The van der Waals surface area contributed by atoms with Gasteiger partial charge < -0.3 is 5.32 Å². The molecule has 0 bridgehead atoms. The van der Waals surface area contributed by atoms with E-state index in [1.807, 2.05) is 30.3 Å². The van der Waals surface area contributed by atoms with Gasteiger partial charge in [0.1, 0.15) is 5.82 Å². The molecule has 1 nitrogen and oxygen atoms in total. The van der Waals surface area contributed by atoms with Crippen LogP contribution in [-0.4, -0.2) is 0 Å². The highest BCUT2D eigenvalue weighted by atomic mass is 19.1. The SMILES string of the molecule is C=C1NC(c2ccccc2F)=C(c2ccccc2)CC1C. The minimum atomic E-state index is -0.212. The molecule has 21 heavy (non-hydrogen) atoms. The summed E-state index contributed by atoms with van der Waals surface area (Å²) in [5.41, 5.74) is 4.64. The molecule has 2 aromatic carbocycles. The zero-order valence-corrected chi connectivity index (χ0v) is 12.1. The third kappa shape index (κ3) is 2.62. The van der Waals surface area contributed by atoms with E-state index in [0.29, 0.717) is 11.5 Å². The summed E-state index contributed by atoms with van der Waals surface area (Å²) in [5.74, 6) is 0.117. The second-order valence-corrected chi connectivity index (χ2v) is 5.45. The van der Waals surface area contributed by atoms with Crippen molar-refractivity contribution in [1.29, 1.82) is 0 Å². The predicted molar refractivity (Wildman–Crippen MR) is 85.7 cm³/mol. The second-order valence-electron chi connectivity index (χ2n) is 5.45. The summed E-state index contributed by atoms with van der Waals surface area (Å²) < 4.78 is 14.2. The van der Waals surface area contributed by atoms with Crippen molar-refractivity contribution in [3.05, 3.63) is 83.8 Å². The number of nitrogens with one attached hydrogen (secondary N) is 1. The van der Waals surface area contributed by atoms with Gasteiger partial charge in [0, 0.05) is 11.3 Å². The molecule has 0 fully saturated rings. The van der Waals surface area contributed by atoms with Gasteiger partial charge in [0.25, 0.3) is 0 Å². The summed E-state index contributed by atoms with van der Waals surface area (Å²) in [5, 5.41) is 3.32. The Balaban J connectivity index is 2.19. The summed E-state index contributed by atoms with van der Waals surface area (Å²) in [6.07, 6.45) is 0.861. The first-order valence-corrected chi connectivity index (χ1v) is 7.16. The highest BCUT2D eigenvalue weighted by Crippen LogP contribution is 2.37. The Hall–Kier alpha value is -2.35. The first-order chi connectivity index (χ1) is 10.2. The van der Waals surface area contributed by atoms with Crippen LogP contribution in [0.4, 0.5) is 4.39 Å². The molecule has 3 rings (SSSR count). The molecule has 0 radical (unpaired) electrons. The molecule has 1 atom stereocenters. The number of rotatable bonds is 2. The summed E-state index contributed by atoms with van der Waals surface area (Å²) >= 11 is 0. The van der Waals surface area contributed by atoms with Gasteiger partial charge in [0.2, 0.25) is 0 Å². The van der Waals surface area contributed by atoms with Gasteiger partial charge in [-0.1, -0.05) is 56.0 Å². The van der Waals surface area contributed by atoms with Crippen molar-refractivity contribution in [2.75, 3.05) is 0 Å². The fourth-order valence-corrected chi connectivity index (χ4v) is 2.69. The maximum atomic E-state index is 14.2. The Bertz CT molecular complexity index is 701. The lowest BCUT2D eigenvalue weighted by Gasteiger charge is -2.29. The molecule has 0 saturated heterocycles. The van der Waals surface area contributed by atoms with Gasteiger partial charge in [-0.05, 0) is 35.6 Å². The van der Waals surface area contributed by atoms with Crippen LogP contribution in [0.25, 0.3) is 11.3 Å². The average molecular weight is 279 g/mol. The Morgan fingerprint density at radius 1 is 1.05 bits per heavy atom. The summed E-state index contributed by atoms with van der Waals surface area (Å²) in [4.78, 5) is 0. The van der Waals surface area contributed by atoms with E-state index in [4.69, 9.17) is 0 Å². The Labute approximate surface area is 124 Å². The molecule has 1 aliphatic rings. The molecule has 0 aromatic heterocycles. The number of hydrogen-bond acceptors (Lipinski definition) is 1. The maximum Gasteiger partial charge on any atom is 0.132 e. The Morgan fingerprint density at radius 2 is 1.71 bits per heavy atom. The lowest BCUT2D eigenvalue weighted by molar-refractivity contribution is 0.615. The summed E-state index contributed by atoms with van der Waals surface area (Å²) in [7, 11) is 0. The lowest BCUT2D eigenvalue weighted by Crippen LogP contribution is -2.24. The van der Waals surface area contributed by atoms with Gasteiger partial charge in [0.05, 0.1) is 5.70 Å². The van der Waals surface area contributed by atoms with E-state index in [1.54, 1.807) is 6.07 Å². The van der Waals surface area contributed by atoms with Crippen LogP contribution in [0.5, 0.6) is 0 Å². The van der Waals surface area contributed by atoms with Crippen LogP contribution in [0.15, 0.2) is 66.9 Å². The van der Waals surface area contributed by atoms with Crippen LogP contribution in [0, 0.1) is 11.7 Å². The second kappa shape index (κ2) is 5.57. The molecule has 2 aromatic rings. The van der Waals surface area contributed by atoms with E-state index >= 15 is 0 Å². The van der Waals surface area contributed by atoms with Crippen LogP contribution in [0.2, 0.25) is 0 Å². The maximum absolute atomic E-state index is 14.2. The van der Waals surface area contributed by atoms with E-state index < -0.39 is 0 Å². The van der Waals surface area contributed by atoms with Gasteiger partial charge in [-0.2, -0.15) is 0 Å². The topological polar surface area (TPSA) is 12.0 Å². The lowest BCUT2D eigenvalue weighted by atomic mass is 9.86. The van der Waals surface area contributed by atoms with Crippen molar-refractivity contribution >= 4 is 11.3 Å². The van der Waals surface area contributed by atoms with Crippen molar-refractivity contribution in [1.82, 2.24) is 5.32 Å². The van der Waals surface area contributed by atoms with Gasteiger partial charge in [0.15, 0.2) is 0 Å². The molecule has 0 amide bonds. The first-order valence-electron chi connectivity index (χ1n) is 7.16. The number of allylic oxidation sites excluding steroid dienone is 2. The van der Waals surface area contributed by atoms with Crippen molar-refractivity contribution in [2.45, 2.75) is 13.3 Å². The predicted octanol–water partition coefficient (Wildman–Crippen LogP) is 4.84. The van der Waals surface area contributed by atoms with Crippen LogP contribution in [0.3, 0.4) is 0 Å². The zero-order chi connectivity index (χ0) is 14.8. The molecule has 0 saturated carbocycles. The smallest absolute Gasteiger partial charge is 0.132 e. The van der Waals surface area contributed by atoms with E-state index in [-0.39, 0.29) is 5.82 Å². The quantitative estimate of drug-likeness (QED) is 0.829. The Kier molecular flexibility index (Phi) is 3.61. The van der Waals surface area contributed by atoms with Gasteiger partial charge in [-0.3, -0.25) is 0 Å². The highest BCUT2D eigenvalue weighted by Gasteiger charge is 2.23. The van der Waals surface area contributed by atoms with Crippen molar-refractivity contribution in [3.63, 3.8) is 0 Å². The van der Waals surface area contributed by atoms with Crippen LogP contribution in [0.1, 0.15) is 24.5 Å². The fraction of sp³-hybridized carbons (Fsp3) is 0.158. The van der Waals surface area contributed by atoms with E-state index in [0.717, 1.165) is 29.0 Å². The van der Waals surface area contributed by atoms with Crippen molar-refractivity contribution in [3.8, 4) is 0 Å². The van der Waals surface area contributed by atoms with E-state index in [2.05, 4.69) is 31.0 Å². The van der Waals surface area contributed by atoms with E-state index in [1.165, 1.54) is 6.07 Å². The standard InChI is InChI=1S/C19H18FN/c1-13-12-17(15-8-4-3-5-9-15)19(21-14(13)2)16-10-6-7-11-18(16)20/h3-11,13,21H,2,12H2,1H3. The summed E-state index contributed by atoms with van der Waals surface area (Å²) in [6, 6.07) is 17.0. The molecule has 0 spiro atoms. The zero-order valence-electron chi connectivity index (χ0n) is 12.1. The molecule has 1 aliphatic heterocycles. The third-order valence-electron chi connectivity index (χ3n) is 3.96. The number of hydrogen-bond donors (Lipinski definition) is 1. The third-order valence-corrected chi connectivity index (χ3v) is 3.96. The normalized spacial score (nSPS) is 18.6. The molecule has 1 unspecified atom stereocenters. The first kappa shape index (κ1) is 13.6. The number of benzene rings is 2. The van der Waals surface area contributed by atoms with Gasteiger partial charge in [-0.15, -0.1) is 0 Å². The van der Waals surface area contributed by atoms with Gasteiger partial charge in [-0.25, -0.2) is 4.39 Å². The monoisotopic (exact) mass is 279 g/mol. The van der Waals surface area contributed by atoms with E-state index in [9.17, 15) is 4.39 Å². The highest BCUT2D eigenvalue weighted by molar-refractivity contribution is 5.92. The minimum Gasteiger partial charge on any atom is -0.358 e. The number of halogens is 1. The largest absolute Gasteiger partial charge is 0.358 e. The van der Waals surface area contributed by atoms with Crippen molar-refractivity contribution < 1.29 is 4.39 Å². The molecule has 0 aliphatic carbocycles. The molecular formula is C19H18FN. The van der Waals surface area contributed by atoms with Crippen LogP contribution in [-0.2, 0) is 0 Å². The minimum absolute atomic E-state index is 0.212. The van der Waals surface area contributed by atoms with Crippen LogP contribution < -0.4 is 5.32 Å². The molecule has 2 heteroatoms. The average Bonchev–Trinajstić information content (AvgIpc) is 2.51. The molecule has 1 N–H and O–H groups in total. The Morgan fingerprint density at radius 3 is 2.43 bits per heavy atom. The fourth-order valence-electron chi connectivity index (χ4n) is 2.69. The molecule has 106 valence electrons.